The average Bonchev–Trinajstić information content (AvgIpc) is 2.86. The van der Waals surface area contributed by atoms with E-state index in [1.54, 1.807) is 4.68 Å². The Hall–Kier alpha value is -1.75. The highest BCUT2D eigenvalue weighted by Crippen LogP contribution is 2.11. The van der Waals surface area contributed by atoms with Crippen LogP contribution in [0.1, 0.15) is 31.2 Å². The highest BCUT2D eigenvalue weighted by Gasteiger charge is 2.06. The lowest BCUT2D eigenvalue weighted by Crippen LogP contribution is -2.12. The lowest BCUT2D eigenvalue weighted by Gasteiger charge is -2.05. The molecule has 0 aliphatic carbocycles. The molecule has 0 amide bonds. The van der Waals surface area contributed by atoms with E-state index in [2.05, 4.69) is 52.0 Å². The SMILES string of the molecule is CCCCc1ccc(-n2nnnc2CNC)cc1. The van der Waals surface area contributed by atoms with Crippen LogP contribution in [0.4, 0.5) is 0 Å². The van der Waals surface area contributed by atoms with Crippen molar-refractivity contribution in [1.82, 2.24) is 25.5 Å². The molecule has 5 nitrogen and oxygen atoms in total. The Kier molecular flexibility index (Phi) is 4.41. The van der Waals surface area contributed by atoms with Crippen LogP contribution in [0.3, 0.4) is 0 Å². The molecular weight excluding hydrogens is 226 g/mol. The van der Waals surface area contributed by atoms with Gasteiger partial charge in [-0.3, -0.25) is 0 Å². The second-order valence-electron chi connectivity index (χ2n) is 4.31. The third kappa shape index (κ3) is 2.92. The van der Waals surface area contributed by atoms with Crippen molar-refractivity contribution >= 4 is 0 Å². The summed E-state index contributed by atoms with van der Waals surface area (Å²) in [5.74, 6) is 0.818. The minimum atomic E-state index is 0.657. The first kappa shape index (κ1) is 12.7. The molecule has 0 spiro atoms. The van der Waals surface area contributed by atoms with Crippen LogP contribution in [-0.4, -0.2) is 27.3 Å². The number of hydrogen-bond donors (Lipinski definition) is 1. The molecule has 96 valence electrons. The maximum absolute atomic E-state index is 4.01. The van der Waals surface area contributed by atoms with E-state index in [0.717, 1.165) is 17.9 Å². The van der Waals surface area contributed by atoms with Crippen LogP contribution < -0.4 is 5.32 Å². The average molecular weight is 245 g/mol. The van der Waals surface area contributed by atoms with Gasteiger partial charge in [0.25, 0.3) is 0 Å². The Labute approximate surface area is 107 Å². The number of benzene rings is 1. The fraction of sp³-hybridized carbons (Fsp3) is 0.462. The zero-order valence-electron chi connectivity index (χ0n) is 10.9. The first-order chi connectivity index (χ1) is 8.85. The maximum atomic E-state index is 4.01. The van der Waals surface area contributed by atoms with Gasteiger partial charge in [-0.15, -0.1) is 5.10 Å². The Morgan fingerprint density at radius 3 is 2.67 bits per heavy atom. The molecular formula is C13H19N5. The van der Waals surface area contributed by atoms with Gasteiger partial charge in [0.15, 0.2) is 5.82 Å². The number of nitrogens with one attached hydrogen (secondary N) is 1. The zero-order chi connectivity index (χ0) is 12.8. The lowest BCUT2D eigenvalue weighted by molar-refractivity contribution is 0.708. The molecule has 0 saturated carbocycles. The topological polar surface area (TPSA) is 55.6 Å². The summed E-state index contributed by atoms with van der Waals surface area (Å²) in [7, 11) is 1.88. The van der Waals surface area contributed by atoms with Crippen LogP contribution >= 0.6 is 0 Å². The third-order valence-electron chi connectivity index (χ3n) is 2.87. The molecule has 2 aromatic rings. The van der Waals surface area contributed by atoms with Crippen molar-refractivity contribution in [3.8, 4) is 5.69 Å². The highest BCUT2D eigenvalue weighted by molar-refractivity contribution is 5.34. The number of rotatable bonds is 6. The van der Waals surface area contributed by atoms with E-state index in [1.165, 1.54) is 18.4 Å². The smallest absolute Gasteiger partial charge is 0.170 e. The summed E-state index contributed by atoms with van der Waals surface area (Å²) in [6.45, 7) is 2.87. The van der Waals surface area contributed by atoms with Gasteiger partial charge in [0.05, 0.1) is 12.2 Å². The molecule has 0 bridgehead atoms. The zero-order valence-corrected chi connectivity index (χ0v) is 10.9. The Morgan fingerprint density at radius 2 is 2.00 bits per heavy atom. The first-order valence-corrected chi connectivity index (χ1v) is 6.36. The Morgan fingerprint density at radius 1 is 1.22 bits per heavy atom. The van der Waals surface area contributed by atoms with Crippen LogP contribution in [0, 0.1) is 0 Å². The maximum Gasteiger partial charge on any atom is 0.170 e. The van der Waals surface area contributed by atoms with Gasteiger partial charge < -0.3 is 5.32 Å². The molecule has 0 atom stereocenters. The second kappa shape index (κ2) is 6.26. The Bertz CT molecular complexity index is 474. The molecule has 0 aliphatic heterocycles. The first-order valence-electron chi connectivity index (χ1n) is 6.36. The van der Waals surface area contributed by atoms with E-state index >= 15 is 0 Å². The van der Waals surface area contributed by atoms with Gasteiger partial charge in [0.1, 0.15) is 0 Å². The summed E-state index contributed by atoms with van der Waals surface area (Å²) >= 11 is 0. The molecule has 0 fully saturated rings. The number of tetrazole rings is 1. The van der Waals surface area contributed by atoms with Crippen LogP contribution in [0.15, 0.2) is 24.3 Å². The predicted molar refractivity (Wildman–Crippen MR) is 70.5 cm³/mol. The summed E-state index contributed by atoms with van der Waals surface area (Å²) < 4.78 is 1.76. The number of hydrogen-bond acceptors (Lipinski definition) is 4. The van der Waals surface area contributed by atoms with Gasteiger partial charge in [0, 0.05) is 0 Å². The molecule has 1 aromatic heterocycles. The summed E-state index contributed by atoms with van der Waals surface area (Å²) in [6, 6.07) is 8.44. The van der Waals surface area contributed by atoms with Crippen LogP contribution in [0.25, 0.3) is 5.69 Å². The molecule has 5 heteroatoms. The molecule has 2 rings (SSSR count). The summed E-state index contributed by atoms with van der Waals surface area (Å²) in [5, 5.41) is 14.8. The monoisotopic (exact) mass is 245 g/mol. The van der Waals surface area contributed by atoms with Crippen molar-refractivity contribution in [2.24, 2.45) is 0 Å². The van der Waals surface area contributed by atoms with Crippen molar-refractivity contribution < 1.29 is 0 Å². The minimum Gasteiger partial charge on any atom is -0.313 e. The normalized spacial score (nSPS) is 10.8. The van der Waals surface area contributed by atoms with Crippen molar-refractivity contribution in [1.29, 1.82) is 0 Å². The van der Waals surface area contributed by atoms with Crippen LogP contribution in [0.5, 0.6) is 0 Å². The van der Waals surface area contributed by atoms with E-state index < -0.39 is 0 Å². The molecule has 18 heavy (non-hydrogen) atoms. The molecule has 0 radical (unpaired) electrons. The van der Waals surface area contributed by atoms with E-state index in [4.69, 9.17) is 0 Å². The van der Waals surface area contributed by atoms with Gasteiger partial charge in [-0.25, -0.2) is 0 Å². The number of unbranched alkanes of at least 4 members (excludes halogenated alkanes) is 1. The molecule has 0 unspecified atom stereocenters. The molecule has 1 aromatic carbocycles. The van der Waals surface area contributed by atoms with E-state index in [-0.39, 0.29) is 0 Å². The standard InChI is InChI=1S/C13H19N5/c1-3-4-5-11-6-8-12(9-7-11)18-13(10-14-2)15-16-17-18/h6-9,14H,3-5,10H2,1-2H3. The predicted octanol–water partition coefficient (Wildman–Crippen LogP) is 1.72. The number of nitrogens with zero attached hydrogens (tertiary/aromatic N) is 4. The van der Waals surface area contributed by atoms with Crippen LogP contribution in [-0.2, 0) is 13.0 Å². The third-order valence-corrected chi connectivity index (χ3v) is 2.87. The van der Waals surface area contributed by atoms with Crippen molar-refractivity contribution in [2.75, 3.05) is 7.05 Å². The summed E-state index contributed by atoms with van der Waals surface area (Å²) in [4.78, 5) is 0. The van der Waals surface area contributed by atoms with Crippen LogP contribution in [0.2, 0.25) is 0 Å². The summed E-state index contributed by atoms with van der Waals surface area (Å²) in [6.07, 6.45) is 3.59. The number of aromatic nitrogens is 4. The Balaban J connectivity index is 2.15. The van der Waals surface area contributed by atoms with Gasteiger partial charge >= 0.3 is 0 Å². The second-order valence-corrected chi connectivity index (χ2v) is 4.31. The summed E-state index contributed by atoms with van der Waals surface area (Å²) in [5.41, 5.74) is 2.37. The highest BCUT2D eigenvalue weighted by atomic mass is 15.5. The fourth-order valence-electron chi connectivity index (χ4n) is 1.86. The molecule has 1 N–H and O–H groups in total. The molecule has 1 heterocycles. The van der Waals surface area contributed by atoms with E-state index in [0.29, 0.717) is 6.54 Å². The van der Waals surface area contributed by atoms with Gasteiger partial charge in [-0.1, -0.05) is 25.5 Å². The quantitative estimate of drug-likeness (QED) is 0.842. The largest absolute Gasteiger partial charge is 0.313 e. The van der Waals surface area contributed by atoms with Crippen molar-refractivity contribution in [2.45, 2.75) is 32.7 Å². The van der Waals surface area contributed by atoms with Gasteiger partial charge in [-0.05, 0) is 48.0 Å². The van der Waals surface area contributed by atoms with E-state index in [1.807, 2.05) is 7.05 Å². The van der Waals surface area contributed by atoms with Crippen molar-refractivity contribution in [3.05, 3.63) is 35.7 Å². The molecule has 0 aliphatic rings. The minimum absolute atomic E-state index is 0.657. The van der Waals surface area contributed by atoms with Gasteiger partial charge in [-0.2, -0.15) is 4.68 Å². The molecule has 0 saturated heterocycles. The van der Waals surface area contributed by atoms with Gasteiger partial charge in [0.2, 0.25) is 0 Å². The fourth-order valence-corrected chi connectivity index (χ4v) is 1.86. The van der Waals surface area contributed by atoms with Crippen molar-refractivity contribution in [3.63, 3.8) is 0 Å². The van der Waals surface area contributed by atoms with E-state index in [9.17, 15) is 0 Å². The lowest BCUT2D eigenvalue weighted by atomic mass is 10.1. The number of aryl methyl sites for hydroxylation is 1.